The van der Waals surface area contributed by atoms with Gasteiger partial charge in [0.05, 0.1) is 43.0 Å². The first kappa shape index (κ1) is 21.9. The molecule has 1 aromatic heterocycles. The Morgan fingerprint density at radius 3 is 2.63 bits per heavy atom. The van der Waals surface area contributed by atoms with E-state index in [9.17, 15) is 22.4 Å². The Balaban J connectivity index is 1.70. The molecular formula is C19H22FN3O6S. The molecule has 0 saturated carbocycles. The minimum Gasteiger partial charge on any atom is -0.467 e. The van der Waals surface area contributed by atoms with Gasteiger partial charge in [0.15, 0.2) is 0 Å². The van der Waals surface area contributed by atoms with E-state index in [2.05, 4.69) is 5.32 Å². The van der Waals surface area contributed by atoms with Crippen molar-refractivity contribution in [2.24, 2.45) is 0 Å². The first-order chi connectivity index (χ1) is 14.3. The van der Waals surface area contributed by atoms with Gasteiger partial charge in [0.2, 0.25) is 15.9 Å². The number of likely N-dealkylation sites (N-methyl/N-ethyl adjacent to an activating group) is 1. The number of rotatable bonds is 7. The zero-order valence-electron chi connectivity index (χ0n) is 16.3. The van der Waals surface area contributed by atoms with Crippen LogP contribution in [0.15, 0.2) is 45.9 Å². The molecule has 9 nitrogen and oxygen atoms in total. The molecular weight excluding hydrogens is 417 g/mol. The molecule has 0 radical (unpaired) electrons. The highest BCUT2D eigenvalue weighted by Gasteiger charge is 2.28. The molecule has 0 bridgehead atoms. The lowest BCUT2D eigenvalue weighted by Gasteiger charge is -2.26. The van der Waals surface area contributed by atoms with Crippen molar-refractivity contribution in [3.05, 3.63) is 53.7 Å². The van der Waals surface area contributed by atoms with Gasteiger partial charge in [-0.3, -0.25) is 9.59 Å². The number of nitrogens with zero attached hydrogens (tertiary/aromatic N) is 2. The third-order valence-electron chi connectivity index (χ3n) is 4.54. The van der Waals surface area contributed by atoms with Crippen LogP contribution >= 0.6 is 0 Å². The number of benzene rings is 1. The molecule has 1 N–H and O–H groups in total. The van der Waals surface area contributed by atoms with Crippen LogP contribution in [0.1, 0.15) is 16.1 Å². The quantitative estimate of drug-likeness (QED) is 0.685. The number of ether oxygens (including phenoxy) is 1. The molecule has 1 aliphatic rings. The number of carbonyl (C=O) groups is 2. The Bertz CT molecular complexity index is 1000. The highest BCUT2D eigenvalue weighted by molar-refractivity contribution is 7.89. The maximum absolute atomic E-state index is 14.3. The summed E-state index contributed by atoms with van der Waals surface area (Å²) < 4.78 is 51.3. The molecule has 0 atom stereocenters. The van der Waals surface area contributed by atoms with Crippen LogP contribution in [0.3, 0.4) is 0 Å². The van der Waals surface area contributed by atoms with Crippen molar-refractivity contribution in [2.75, 3.05) is 39.9 Å². The van der Waals surface area contributed by atoms with Gasteiger partial charge in [-0.15, -0.1) is 0 Å². The molecule has 30 heavy (non-hydrogen) atoms. The van der Waals surface area contributed by atoms with Crippen LogP contribution < -0.4 is 5.32 Å². The predicted molar refractivity (Wildman–Crippen MR) is 103 cm³/mol. The van der Waals surface area contributed by atoms with Gasteiger partial charge in [-0.1, -0.05) is 0 Å². The van der Waals surface area contributed by atoms with Gasteiger partial charge < -0.3 is 19.4 Å². The summed E-state index contributed by atoms with van der Waals surface area (Å²) >= 11 is 0. The lowest BCUT2D eigenvalue weighted by molar-refractivity contribution is -0.121. The van der Waals surface area contributed by atoms with E-state index in [0.29, 0.717) is 5.76 Å². The van der Waals surface area contributed by atoms with Crippen molar-refractivity contribution in [1.82, 2.24) is 14.5 Å². The summed E-state index contributed by atoms with van der Waals surface area (Å²) in [6.07, 6.45) is 1.47. The van der Waals surface area contributed by atoms with Crippen LogP contribution in [0, 0.1) is 5.82 Å². The summed E-state index contributed by atoms with van der Waals surface area (Å²) in [6.45, 7) is 0.705. The number of amides is 2. The second-order valence-corrected chi connectivity index (χ2v) is 8.61. The van der Waals surface area contributed by atoms with Crippen molar-refractivity contribution >= 4 is 21.8 Å². The van der Waals surface area contributed by atoms with Crippen molar-refractivity contribution in [3.63, 3.8) is 0 Å². The number of morpholine rings is 1. The average molecular weight is 439 g/mol. The molecule has 3 rings (SSSR count). The van der Waals surface area contributed by atoms with Crippen molar-refractivity contribution in [3.8, 4) is 0 Å². The third kappa shape index (κ3) is 5.04. The van der Waals surface area contributed by atoms with Gasteiger partial charge in [0, 0.05) is 20.1 Å². The molecule has 1 aromatic carbocycles. The number of carbonyl (C=O) groups excluding carboxylic acids is 2. The zero-order valence-corrected chi connectivity index (χ0v) is 17.2. The third-order valence-corrected chi connectivity index (χ3v) is 6.44. The number of hydrogen-bond acceptors (Lipinski definition) is 6. The van der Waals surface area contributed by atoms with E-state index in [1.165, 1.54) is 17.6 Å². The number of furan rings is 1. The van der Waals surface area contributed by atoms with E-state index in [4.69, 9.17) is 9.15 Å². The summed E-state index contributed by atoms with van der Waals surface area (Å²) in [6, 6.07) is 6.42. The normalized spacial score (nSPS) is 15.0. The van der Waals surface area contributed by atoms with E-state index < -0.39 is 33.2 Å². The van der Waals surface area contributed by atoms with E-state index in [1.807, 2.05) is 0 Å². The van der Waals surface area contributed by atoms with Crippen LogP contribution in [0.5, 0.6) is 0 Å². The van der Waals surface area contributed by atoms with Crippen molar-refractivity contribution in [1.29, 1.82) is 0 Å². The summed E-state index contributed by atoms with van der Waals surface area (Å²) in [5, 5.41) is 2.58. The Kier molecular flexibility index (Phi) is 6.85. The molecule has 11 heteroatoms. The van der Waals surface area contributed by atoms with Crippen LogP contribution in [0.25, 0.3) is 0 Å². The fraction of sp³-hybridized carbons (Fsp3) is 0.368. The first-order valence-electron chi connectivity index (χ1n) is 9.21. The summed E-state index contributed by atoms with van der Waals surface area (Å²) in [5.74, 6) is -1.60. The zero-order chi connectivity index (χ0) is 21.7. The fourth-order valence-corrected chi connectivity index (χ4v) is 4.35. The topological polar surface area (TPSA) is 109 Å². The second kappa shape index (κ2) is 9.37. The number of sulfonamides is 1. The molecule has 162 valence electrons. The first-order valence-corrected chi connectivity index (χ1v) is 10.6. The molecule has 0 spiro atoms. The largest absolute Gasteiger partial charge is 0.467 e. The van der Waals surface area contributed by atoms with E-state index in [0.717, 1.165) is 23.1 Å². The van der Waals surface area contributed by atoms with Gasteiger partial charge in [0.25, 0.3) is 5.91 Å². The fourth-order valence-electron chi connectivity index (χ4n) is 2.91. The lowest BCUT2D eigenvalue weighted by Crippen LogP contribution is -2.41. The Morgan fingerprint density at radius 2 is 1.97 bits per heavy atom. The van der Waals surface area contributed by atoms with Gasteiger partial charge in [0.1, 0.15) is 11.6 Å². The summed E-state index contributed by atoms with van der Waals surface area (Å²) in [4.78, 5) is 25.5. The minimum absolute atomic E-state index is 0.148. The maximum Gasteiger partial charge on any atom is 0.257 e. The molecule has 2 amide bonds. The highest BCUT2D eigenvalue weighted by atomic mass is 32.2. The minimum atomic E-state index is -3.89. The van der Waals surface area contributed by atoms with Gasteiger partial charge in [-0.2, -0.15) is 4.31 Å². The lowest BCUT2D eigenvalue weighted by atomic mass is 10.2. The van der Waals surface area contributed by atoms with Crippen molar-refractivity contribution < 1.29 is 31.6 Å². The number of nitrogens with one attached hydrogen (secondary N) is 1. The average Bonchev–Trinajstić information content (AvgIpc) is 3.26. The van der Waals surface area contributed by atoms with E-state index in [1.54, 1.807) is 12.1 Å². The molecule has 2 aromatic rings. The standard InChI is InChI=1S/C19H22FN3O6S/c1-22(13-18(24)21-12-14-3-2-8-29-14)19(25)16-11-15(4-5-17(16)20)30(26,27)23-6-9-28-10-7-23/h2-5,8,11H,6-7,9-10,12-13H2,1H3,(H,21,24). The van der Waals surface area contributed by atoms with Crippen LogP contribution in [0.2, 0.25) is 0 Å². The second-order valence-electron chi connectivity index (χ2n) is 6.68. The molecule has 1 fully saturated rings. The van der Waals surface area contributed by atoms with Crippen molar-refractivity contribution in [2.45, 2.75) is 11.4 Å². The molecule has 0 unspecified atom stereocenters. The van der Waals surface area contributed by atoms with Gasteiger partial charge >= 0.3 is 0 Å². The Labute approximate surface area is 173 Å². The number of halogens is 1. The molecule has 2 heterocycles. The Hall–Kier alpha value is -2.76. The van der Waals surface area contributed by atoms with Gasteiger partial charge in [-0.05, 0) is 30.3 Å². The molecule has 1 saturated heterocycles. The van der Waals surface area contributed by atoms with Crippen LogP contribution in [-0.4, -0.2) is 69.3 Å². The smallest absolute Gasteiger partial charge is 0.257 e. The Morgan fingerprint density at radius 1 is 1.23 bits per heavy atom. The predicted octanol–water partition coefficient (Wildman–Crippen LogP) is 0.828. The summed E-state index contributed by atoms with van der Waals surface area (Å²) in [7, 11) is -2.56. The van der Waals surface area contributed by atoms with E-state index >= 15 is 0 Å². The van der Waals surface area contributed by atoms with E-state index in [-0.39, 0.29) is 44.3 Å². The van der Waals surface area contributed by atoms with Crippen LogP contribution in [0.4, 0.5) is 4.39 Å². The highest BCUT2D eigenvalue weighted by Crippen LogP contribution is 2.21. The SMILES string of the molecule is CN(CC(=O)NCc1ccco1)C(=O)c1cc(S(=O)(=O)N2CCOCC2)ccc1F. The number of hydrogen-bond donors (Lipinski definition) is 1. The monoisotopic (exact) mass is 439 g/mol. The summed E-state index contributed by atoms with van der Waals surface area (Å²) in [5.41, 5.74) is -0.425. The van der Waals surface area contributed by atoms with Gasteiger partial charge in [-0.25, -0.2) is 12.8 Å². The van der Waals surface area contributed by atoms with Crippen LogP contribution in [-0.2, 0) is 26.1 Å². The maximum atomic E-state index is 14.3. The molecule has 0 aliphatic carbocycles. The molecule has 1 aliphatic heterocycles.